The highest BCUT2D eigenvalue weighted by Crippen LogP contribution is 2.39. The largest absolute Gasteiger partial charge is 0.369 e. The van der Waals surface area contributed by atoms with Crippen LogP contribution in [0.2, 0.25) is 0 Å². The molecule has 1 aromatic carbocycles. The summed E-state index contributed by atoms with van der Waals surface area (Å²) < 4.78 is 0. The van der Waals surface area contributed by atoms with Gasteiger partial charge in [-0.15, -0.1) is 0 Å². The second kappa shape index (κ2) is 4.56. The van der Waals surface area contributed by atoms with Gasteiger partial charge in [-0.05, 0) is 44.0 Å². The van der Waals surface area contributed by atoms with E-state index in [4.69, 9.17) is 5.73 Å². The molecule has 0 unspecified atom stereocenters. The van der Waals surface area contributed by atoms with E-state index in [1.165, 1.54) is 17.7 Å². The van der Waals surface area contributed by atoms with E-state index in [-0.39, 0.29) is 5.54 Å². The Morgan fingerprint density at radius 3 is 2.44 bits per heavy atom. The number of nitrogens with zero attached hydrogens (tertiary/aromatic N) is 2. The fraction of sp³-hybridized carbons (Fsp3) is 0.600. The van der Waals surface area contributed by atoms with Crippen molar-refractivity contribution in [2.75, 3.05) is 38.1 Å². The molecule has 0 atom stereocenters. The van der Waals surface area contributed by atoms with Crippen LogP contribution in [0.1, 0.15) is 24.8 Å². The van der Waals surface area contributed by atoms with Gasteiger partial charge in [-0.2, -0.15) is 0 Å². The van der Waals surface area contributed by atoms with E-state index >= 15 is 0 Å². The summed E-state index contributed by atoms with van der Waals surface area (Å²) in [7, 11) is 2.19. The minimum absolute atomic E-state index is 0.0391. The number of hydrogen-bond donors (Lipinski definition) is 1. The van der Waals surface area contributed by atoms with Crippen LogP contribution in [0.15, 0.2) is 24.3 Å². The Kier molecular flexibility index (Phi) is 3.04. The first-order valence-corrected chi connectivity index (χ1v) is 7.00. The normalized spacial score (nSPS) is 23.8. The van der Waals surface area contributed by atoms with Crippen LogP contribution in [-0.2, 0) is 5.54 Å². The molecule has 0 aromatic heterocycles. The van der Waals surface area contributed by atoms with Crippen molar-refractivity contribution >= 4 is 5.69 Å². The van der Waals surface area contributed by atoms with Gasteiger partial charge in [-0.1, -0.05) is 12.1 Å². The maximum atomic E-state index is 6.42. The lowest BCUT2D eigenvalue weighted by molar-refractivity contribution is 0.253. The van der Waals surface area contributed by atoms with Crippen molar-refractivity contribution in [3.05, 3.63) is 29.8 Å². The number of likely N-dealkylation sites (N-methyl/N-ethyl adjacent to an activating group) is 1. The van der Waals surface area contributed by atoms with Crippen LogP contribution in [0, 0.1) is 0 Å². The van der Waals surface area contributed by atoms with Crippen molar-refractivity contribution in [3.8, 4) is 0 Å². The zero-order valence-corrected chi connectivity index (χ0v) is 11.2. The Balaban J connectivity index is 1.78. The molecule has 2 fully saturated rings. The first-order chi connectivity index (χ1) is 8.67. The van der Waals surface area contributed by atoms with E-state index in [9.17, 15) is 0 Å². The van der Waals surface area contributed by atoms with Crippen molar-refractivity contribution in [1.29, 1.82) is 0 Å². The first kappa shape index (κ1) is 12.0. The molecule has 1 heterocycles. The second-order valence-corrected chi connectivity index (χ2v) is 5.85. The van der Waals surface area contributed by atoms with Gasteiger partial charge in [0.25, 0.3) is 0 Å². The number of hydrogen-bond acceptors (Lipinski definition) is 3. The summed E-state index contributed by atoms with van der Waals surface area (Å²) in [5, 5.41) is 0. The molecule has 0 radical (unpaired) electrons. The van der Waals surface area contributed by atoms with Crippen LogP contribution >= 0.6 is 0 Å². The van der Waals surface area contributed by atoms with Gasteiger partial charge in [0.2, 0.25) is 0 Å². The predicted octanol–water partition coefficient (Wildman–Crippen LogP) is 1.78. The Hall–Kier alpha value is -1.06. The van der Waals surface area contributed by atoms with Crippen LogP contribution in [0.25, 0.3) is 0 Å². The van der Waals surface area contributed by atoms with Gasteiger partial charge in [0, 0.05) is 37.4 Å². The Morgan fingerprint density at radius 2 is 1.83 bits per heavy atom. The topological polar surface area (TPSA) is 32.5 Å². The molecule has 0 spiro atoms. The number of rotatable bonds is 2. The van der Waals surface area contributed by atoms with E-state index in [1.54, 1.807) is 0 Å². The number of benzene rings is 1. The molecular formula is C15H23N3. The molecule has 0 bridgehead atoms. The summed E-state index contributed by atoms with van der Waals surface area (Å²) in [6.07, 6.45) is 3.55. The van der Waals surface area contributed by atoms with E-state index in [1.807, 2.05) is 0 Å². The standard InChI is InChI=1S/C15H23N3/c1-17-8-10-18(11-9-17)14-5-2-4-13(12-14)15(16)6-3-7-15/h2,4-5,12H,3,6-11,16H2,1H3. The van der Waals surface area contributed by atoms with Crippen molar-refractivity contribution in [2.24, 2.45) is 5.73 Å². The lowest BCUT2D eigenvalue weighted by atomic mass is 9.73. The number of anilines is 1. The predicted molar refractivity (Wildman–Crippen MR) is 75.9 cm³/mol. The van der Waals surface area contributed by atoms with E-state index in [2.05, 4.69) is 41.1 Å². The zero-order valence-electron chi connectivity index (χ0n) is 11.2. The molecule has 1 aromatic rings. The van der Waals surface area contributed by atoms with Gasteiger partial charge in [-0.3, -0.25) is 0 Å². The second-order valence-electron chi connectivity index (χ2n) is 5.85. The highest BCUT2D eigenvalue weighted by Gasteiger charge is 2.34. The highest BCUT2D eigenvalue weighted by atomic mass is 15.2. The van der Waals surface area contributed by atoms with E-state index < -0.39 is 0 Å². The number of nitrogens with two attached hydrogens (primary N) is 1. The van der Waals surface area contributed by atoms with Crippen LogP contribution in [-0.4, -0.2) is 38.1 Å². The summed E-state index contributed by atoms with van der Waals surface area (Å²) in [5.41, 5.74) is 9.05. The maximum Gasteiger partial charge on any atom is 0.0410 e. The molecule has 98 valence electrons. The molecule has 1 saturated heterocycles. The summed E-state index contributed by atoms with van der Waals surface area (Å²) in [6.45, 7) is 4.55. The molecule has 1 aliphatic carbocycles. The van der Waals surface area contributed by atoms with Gasteiger partial charge < -0.3 is 15.5 Å². The van der Waals surface area contributed by atoms with Crippen LogP contribution in [0.4, 0.5) is 5.69 Å². The molecule has 1 aliphatic heterocycles. The molecule has 2 aliphatic rings. The molecule has 18 heavy (non-hydrogen) atoms. The monoisotopic (exact) mass is 245 g/mol. The third kappa shape index (κ3) is 2.13. The first-order valence-electron chi connectivity index (χ1n) is 7.00. The summed E-state index contributed by atoms with van der Waals surface area (Å²) >= 11 is 0. The van der Waals surface area contributed by atoms with Gasteiger partial charge in [0.05, 0.1) is 0 Å². The van der Waals surface area contributed by atoms with Gasteiger partial charge >= 0.3 is 0 Å². The fourth-order valence-corrected chi connectivity index (χ4v) is 2.92. The van der Waals surface area contributed by atoms with E-state index in [0.29, 0.717) is 0 Å². The van der Waals surface area contributed by atoms with Gasteiger partial charge in [0.15, 0.2) is 0 Å². The maximum absolute atomic E-state index is 6.42. The molecular weight excluding hydrogens is 222 g/mol. The molecule has 2 N–H and O–H groups in total. The summed E-state index contributed by atoms with van der Waals surface area (Å²) in [6, 6.07) is 8.88. The van der Waals surface area contributed by atoms with Crippen LogP contribution in [0.3, 0.4) is 0 Å². The average Bonchev–Trinajstić information content (AvgIpc) is 2.37. The Bertz CT molecular complexity index is 418. The minimum Gasteiger partial charge on any atom is -0.369 e. The minimum atomic E-state index is -0.0391. The lowest BCUT2D eigenvalue weighted by Gasteiger charge is -2.40. The highest BCUT2D eigenvalue weighted by molar-refractivity contribution is 5.50. The third-order valence-corrected chi connectivity index (χ3v) is 4.54. The van der Waals surface area contributed by atoms with Gasteiger partial charge in [-0.25, -0.2) is 0 Å². The molecule has 1 saturated carbocycles. The fourth-order valence-electron chi connectivity index (χ4n) is 2.92. The lowest BCUT2D eigenvalue weighted by Crippen LogP contribution is -2.45. The van der Waals surface area contributed by atoms with Crippen LogP contribution in [0.5, 0.6) is 0 Å². The van der Waals surface area contributed by atoms with Crippen molar-refractivity contribution < 1.29 is 0 Å². The zero-order chi connectivity index (χ0) is 12.6. The quantitative estimate of drug-likeness (QED) is 0.862. The smallest absolute Gasteiger partial charge is 0.0410 e. The summed E-state index contributed by atoms with van der Waals surface area (Å²) in [5.74, 6) is 0. The Morgan fingerprint density at radius 1 is 1.11 bits per heavy atom. The van der Waals surface area contributed by atoms with Gasteiger partial charge in [0.1, 0.15) is 0 Å². The average molecular weight is 245 g/mol. The summed E-state index contributed by atoms with van der Waals surface area (Å²) in [4.78, 5) is 4.86. The Labute approximate surface area is 110 Å². The molecule has 0 amide bonds. The molecule has 3 heteroatoms. The van der Waals surface area contributed by atoms with Crippen LogP contribution < -0.4 is 10.6 Å². The van der Waals surface area contributed by atoms with Crippen molar-refractivity contribution in [3.63, 3.8) is 0 Å². The van der Waals surface area contributed by atoms with Crippen molar-refractivity contribution in [2.45, 2.75) is 24.8 Å². The van der Waals surface area contributed by atoms with E-state index in [0.717, 1.165) is 39.0 Å². The molecule has 3 rings (SSSR count). The molecule has 3 nitrogen and oxygen atoms in total. The number of piperazine rings is 1. The third-order valence-electron chi connectivity index (χ3n) is 4.54. The van der Waals surface area contributed by atoms with Crippen molar-refractivity contribution in [1.82, 2.24) is 4.90 Å². The SMILES string of the molecule is CN1CCN(c2cccc(C3(N)CCC3)c2)CC1.